The fourth-order valence-electron chi connectivity index (χ4n) is 1.82. The quantitative estimate of drug-likeness (QED) is 0.932. The van der Waals surface area contributed by atoms with E-state index in [0.29, 0.717) is 6.54 Å². The second-order valence-corrected chi connectivity index (χ2v) is 5.20. The molecule has 0 aromatic carbocycles. The molecule has 0 spiro atoms. The molecule has 0 bridgehead atoms. The molecular weight excluding hydrogens is 310 g/mol. The van der Waals surface area contributed by atoms with Gasteiger partial charge >= 0.3 is 0 Å². The van der Waals surface area contributed by atoms with Gasteiger partial charge in [0, 0.05) is 16.9 Å². The monoisotopic (exact) mass is 321 g/mol. The molecule has 7 heteroatoms. The second kappa shape index (κ2) is 5.10. The molecular formula is C12H12BrN5O. The van der Waals surface area contributed by atoms with Crippen molar-refractivity contribution in [3.8, 4) is 0 Å². The van der Waals surface area contributed by atoms with Gasteiger partial charge in [-0.05, 0) is 41.1 Å². The highest BCUT2D eigenvalue weighted by Crippen LogP contribution is 2.18. The van der Waals surface area contributed by atoms with Gasteiger partial charge in [0.1, 0.15) is 6.10 Å². The van der Waals surface area contributed by atoms with E-state index in [9.17, 15) is 0 Å². The average Bonchev–Trinajstić information content (AvgIpc) is 3.00. The molecule has 1 N–H and O–H groups in total. The maximum absolute atomic E-state index is 5.48. The van der Waals surface area contributed by atoms with Gasteiger partial charge < -0.3 is 0 Å². The van der Waals surface area contributed by atoms with Gasteiger partial charge in [-0.3, -0.25) is 15.3 Å². The van der Waals surface area contributed by atoms with Crippen LogP contribution in [0.5, 0.6) is 0 Å². The van der Waals surface area contributed by atoms with E-state index < -0.39 is 0 Å². The first-order chi connectivity index (χ1) is 9.20. The first-order valence-corrected chi connectivity index (χ1v) is 6.62. The number of hydrogen-bond donors (Lipinski definition) is 1. The molecule has 19 heavy (non-hydrogen) atoms. The Kier molecular flexibility index (Phi) is 3.31. The SMILES string of the molecule is Cc1cn(CC2C=C(c3ccc(Br)cn3)NO2)nn1. The van der Waals surface area contributed by atoms with E-state index in [-0.39, 0.29) is 6.10 Å². The van der Waals surface area contributed by atoms with E-state index in [1.165, 1.54) is 0 Å². The van der Waals surface area contributed by atoms with Crippen LogP contribution in [0.15, 0.2) is 35.1 Å². The van der Waals surface area contributed by atoms with E-state index in [4.69, 9.17) is 4.84 Å². The van der Waals surface area contributed by atoms with Crippen LogP contribution in [0.2, 0.25) is 0 Å². The van der Waals surface area contributed by atoms with Crippen molar-refractivity contribution in [3.63, 3.8) is 0 Å². The number of aromatic nitrogens is 4. The molecule has 1 aliphatic rings. The minimum absolute atomic E-state index is 0.0819. The van der Waals surface area contributed by atoms with Gasteiger partial charge in [0.15, 0.2) is 0 Å². The smallest absolute Gasteiger partial charge is 0.125 e. The molecule has 1 atom stereocenters. The Morgan fingerprint density at radius 3 is 3.05 bits per heavy atom. The lowest BCUT2D eigenvalue weighted by atomic mass is 10.2. The Labute approximate surface area is 118 Å². The zero-order chi connectivity index (χ0) is 13.2. The Bertz CT molecular complexity index is 607. The molecule has 0 fully saturated rings. The third-order valence-electron chi connectivity index (χ3n) is 2.70. The highest BCUT2D eigenvalue weighted by Gasteiger charge is 2.19. The number of nitrogens with one attached hydrogen (secondary N) is 1. The summed E-state index contributed by atoms with van der Waals surface area (Å²) in [4.78, 5) is 9.79. The van der Waals surface area contributed by atoms with E-state index in [1.54, 1.807) is 10.9 Å². The summed E-state index contributed by atoms with van der Waals surface area (Å²) in [6.07, 6.45) is 5.55. The number of halogens is 1. The average molecular weight is 322 g/mol. The van der Waals surface area contributed by atoms with Gasteiger partial charge in [-0.1, -0.05) is 5.21 Å². The molecule has 1 unspecified atom stereocenters. The Balaban J connectivity index is 1.72. The van der Waals surface area contributed by atoms with Crippen molar-refractivity contribution in [1.29, 1.82) is 0 Å². The van der Waals surface area contributed by atoms with Crippen molar-refractivity contribution in [2.45, 2.75) is 19.6 Å². The molecule has 2 aromatic heterocycles. The third kappa shape index (κ3) is 2.82. The summed E-state index contributed by atoms with van der Waals surface area (Å²) in [6.45, 7) is 2.53. The molecule has 0 radical (unpaired) electrons. The number of hydroxylamine groups is 1. The summed E-state index contributed by atoms with van der Waals surface area (Å²) in [6, 6.07) is 3.87. The van der Waals surface area contributed by atoms with Crippen molar-refractivity contribution in [2.75, 3.05) is 0 Å². The highest BCUT2D eigenvalue weighted by atomic mass is 79.9. The predicted octanol–water partition coefficient (Wildman–Crippen LogP) is 1.69. The minimum Gasteiger partial charge on any atom is -0.267 e. The topological polar surface area (TPSA) is 64.9 Å². The van der Waals surface area contributed by atoms with Crippen molar-refractivity contribution in [2.24, 2.45) is 0 Å². The fourth-order valence-corrected chi connectivity index (χ4v) is 2.06. The van der Waals surface area contributed by atoms with Crippen LogP contribution in [0.25, 0.3) is 5.70 Å². The summed E-state index contributed by atoms with van der Waals surface area (Å²) >= 11 is 3.36. The molecule has 3 heterocycles. The lowest BCUT2D eigenvalue weighted by Gasteiger charge is -2.06. The number of nitrogens with zero attached hydrogens (tertiary/aromatic N) is 4. The molecule has 0 saturated heterocycles. The molecule has 6 nitrogen and oxygen atoms in total. The fraction of sp³-hybridized carbons (Fsp3) is 0.250. The van der Waals surface area contributed by atoms with Crippen LogP contribution < -0.4 is 5.48 Å². The van der Waals surface area contributed by atoms with Crippen molar-refractivity contribution in [1.82, 2.24) is 25.5 Å². The number of aryl methyl sites for hydroxylation is 1. The molecule has 0 saturated carbocycles. The highest BCUT2D eigenvalue weighted by molar-refractivity contribution is 9.10. The standard InChI is InChI=1S/C12H12BrN5O/c1-8-6-18(17-15-8)7-10-4-12(16-19-10)11-3-2-9(13)5-14-11/h2-6,10,16H,7H2,1H3. The molecule has 1 aliphatic heterocycles. The van der Waals surface area contributed by atoms with E-state index in [2.05, 4.69) is 36.7 Å². The van der Waals surface area contributed by atoms with Crippen LogP contribution in [0.4, 0.5) is 0 Å². The number of hydrogen-bond acceptors (Lipinski definition) is 5. The van der Waals surface area contributed by atoms with Crippen molar-refractivity contribution in [3.05, 3.63) is 46.5 Å². The molecule has 98 valence electrons. The zero-order valence-corrected chi connectivity index (χ0v) is 11.8. The third-order valence-corrected chi connectivity index (χ3v) is 3.17. The van der Waals surface area contributed by atoms with Gasteiger partial charge in [0.05, 0.1) is 23.6 Å². The summed E-state index contributed by atoms with van der Waals surface area (Å²) in [5, 5.41) is 7.94. The van der Waals surface area contributed by atoms with Gasteiger partial charge in [-0.2, -0.15) is 0 Å². The summed E-state index contributed by atoms with van der Waals surface area (Å²) in [5.74, 6) is 0. The number of pyridine rings is 1. The lowest BCUT2D eigenvalue weighted by Crippen LogP contribution is -2.18. The van der Waals surface area contributed by atoms with Crippen LogP contribution in [0, 0.1) is 6.92 Å². The first kappa shape index (κ1) is 12.3. The predicted molar refractivity (Wildman–Crippen MR) is 72.7 cm³/mol. The maximum atomic E-state index is 5.48. The van der Waals surface area contributed by atoms with Crippen LogP contribution >= 0.6 is 15.9 Å². The molecule has 3 rings (SSSR count). The Morgan fingerprint density at radius 1 is 1.47 bits per heavy atom. The number of rotatable bonds is 3. The van der Waals surface area contributed by atoms with Crippen molar-refractivity contribution < 1.29 is 4.84 Å². The molecule has 0 aliphatic carbocycles. The normalized spacial score (nSPS) is 18.2. The first-order valence-electron chi connectivity index (χ1n) is 5.83. The van der Waals surface area contributed by atoms with Crippen LogP contribution in [-0.4, -0.2) is 26.1 Å². The Morgan fingerprint density at radius 2 is 2.37 bits per heavy atom. The van der Waals surface area contributed by atoms with Crippen LogP contribution in [-0.2, 0) is 11.4 Å². The van der Waals surface area contributed by atoms with E-state index in [0.717, 1.165) is 21.6 Å². The summed E-state index contributed by atoms with van der Waals surface area (Å²) < 4.78 is 2.71. The van der Waals surface area contributed by atoms with Gasteiger partial charge in [0.2, 0.25) is 0 Å². The Hall–Kier alpha value is -1.73. The van der Waals surface area contributed by atoms with Gasteiger partial charge in [-0.25, -0.2) is 4.68 Å². The molecule has 2 aromatic rings. The van der Waals surface area contributed by atoms with Gasteiger partial charge in [0.25, 0.3) is 0 Å². The van der Waals surface area contributed by atoms with Crippen LogP contribution in [0.3, 0.4) is 0 Å². The minimum atomic E-state index is -0.0819. The second-order valence-electron chi connectivity index (χ2n) is 4.28. The summed E-state index contributed by atoms with van der Waals surface area (Å²) in [5.41, 5.74) is 5.50. The largest absolute Gasteiger partial charge is 0.267 e. The molecule has 0 amide bonds. The van der Waals surface area contributed by atoms with E-state index in [1.807, 2.05) is 31.3 Å². The van der Waals surface area contributed by atoms with Crippen molar-refractivity contribution >= 4 is 21.6 Å². The van der Waals surface area contributed by atoms with Crippen LogP contribution in [0.1, 0.15) is 11.4 Å². The summed E-state index contributed by atoms with van der Waals surface area (Å²) in [7, 11) is 0. The van der Waals surface area contributed by atoms with Gasteiger partial charge in [-0.15, -0.1) is 5.10 Å². The van der Waals surface area contributed by atoms with E-state index >= 15 is 0 Å². The maximum Gasteiger partial charge on any atom is 0.125 e. The zero-order valence-electron chi connectivity index (χ0n) is 10.2. The lowest BCUT2D eigenvalue weighted by molar-refractivity contribution is 0.0394.